The molecule has 16 heavy (non-hydrogen) atoms. The SMILES string of the molecule is Cc1ccccc1NC(C)C(=O)NC(C)C. The second-order valence-electron chi connectivity index (χ2n) is 4.34. The molecule has 0 aromatic heterocycles. The van der Waals surface area contributed by atoms with Gasteiger partial charge in [0.2, 0.25) is 5.91 Å². The lowest BCUT2D eigenvalue weighted by Crippen LogP contribution is -2.41. The Hall–Kier alpha value is -1.51. The molecule has 0 saturated heterocycles. The van der Waals surface area contributed by atoms with Gasteiger partial charge in [-0.25, -0.2) is 0 Å². The molecule has 88 valence electrons. The van der Waals surface area contributed by atoms with E-state index in [0.717, 1.165) is 11.3 Å². The van der Waals surface area contributed by atoms with E-state index in [0.29, 0.717) is 0 Å². The Kier molecular flexibility index (Phi) is 4.35. The highest BCUT2D eigenvalue weighted by Gasteiger charge is 2.13. The molecule has 1 atom stereocenters. The van der Waals surface area contributed by atoms with Gasteiger partial charge >= 0.3 is 0 Å². The van der Waals surface area contributed by atoms with Crippen molar-refractivity contribution in [1.82, 2.24) is 5.32 Å². The summed E-state index contributed by atoms with van der Waals surface area (Å²) in [7, 11) is 0. The zero-order chi connectivity index (χ0) is 12.1. The minimum Gasteiger partial charge on any atom is -0.374 e. The molecule has 1 unspecified atom stereocenters. The van der Waals surface area contributed by atoms with Crippen molar-refractivity contribution in [2.45, 2.75) is 39.8 Å². The first-order chi connectivity index (χ1) is 7.50. The van der Waals surface area contributed by atoms with Crippen molar-refractivity contribution >= 4 is 11.6 Å². The van der Waals surface area contributed by atoms with Crippen LogP contribution in [0, 0.1) is 6.92 Å². The van der Waals surface area contributed by atoms with Crippen LogP contribution in [0.15, 0.2) is 24.3 Å². The summed E-state index contributed by atoms with van der Waals surface area (Å²) in [6.07, 6.45) is 0. The third-order valence-electron chi connectivity index (χ3n) is 2.34. The molecule has 0 radical (unpaired) electrons. The fraction of sp³-hybridized carbons (Fsp3) is 0.462. The number of benzene rings is 1. The molecule has 1 rings (SSSR count). The molecule has 0 spiro atoms. The first-order valence-corrected chi connectivity index (χ1v) is 5.63. The van der Waals surface area contributed by atoms with Crippen LogP contribution in [-0.2, 0) is 4.79 Å². The first kappa shape index (κ1) is 12.6. The summed E-state index contributed by atoms with van der Waals surface area (Å²) in [5.41, 5.74) is 2.15. The normalized spacial score (nSPS) is 12.3. The van der Waals surface area contributed by atoms with E-state index in [-0.39, 0.29) is 18.0 Å². The average Bonchev–Trinajstić information content (AvgIpc) is 2.20. The van der Waals surface area contributed by atoms with E-state index in [2.05, 4.69) is 10.6 Å². The first-order valence-electron chi connectivity index (χ1n) is 5.63. The van der Waals surface area contributed by atoms with E-state index in [9.17, 15) is 4.79 Å². The van der Waals surface area contributed by atoms with Crippen molar-refractivity contribution in [1.29, 1.82) is 0 Å². The van der Waals surface area contributed by atoms with E-state index >= 15 is 0 Å². The molecular formula is C13H20N2O. The molecule has 3 nitrogen and oxygen atoms in total. The van der Waals surface area contributed by atoms with Crippen LogP contribution in [0.2, 0.25) is 0 Å². The van der Waals surface area contributed by atoms with Gasteiger partial charge in [0.05, 0.1) is 0 Å². The molecule has 0 saturated carbocycles. The third kappa shape index (κ3) is 3.57. The Morgan fingerprint density at radius 2 is 1.81 bits per heavy atom. The van der Waals surface area contributed by atoms with Gasteiger partial charge in [-0.3, -0.25) is 4.79 Å². The minimum absolute atomic E-state index is 0.0262. The zero-order valence-corrected chi connectivity index (χ0v) is 10.4. The predicted octanol–water partition coefficient (Wildman–Crippen LogP) is 2.32. The molecule has 0 aliphatic heterocycles. The van der Waals surface area contributed by atoms with Crippen LogP contribution in [-0.4, -0.2) is 18.0 Å². The van der Waals surface area contributed by atoms with Gasteiger partial charge in [-0.15, -0.1) is 0 Å². The van der Waals surface area contributed by atoms with Crippen LogP contribution in [0.25, 0.3) is 0 Å². The molecular weight excluding hydrogens is 200 g/mol. The van der Waals surface area contributed by atoms with Crippen molar-refractivity contribution in [3.05, 3.63) is 29.8 Å². The second kappa shape index (κ2) is 5.54. The highest BCUT2D eigenvalue weighted by molar-refractivity contribution is 5.84. The summed E-state index contributed by atoms with van der Waals surface area (Å²) in [5, 5.41) is 6.08. The number of nitrogens with one attached hydrogen (secondary N) is 2. The topological polar surface area (TPSA) is 41.1 Å². The number of aryl methyl sites for hydroxylation is 1. The molecule has 1 aromatic carbocycles. The zero-order valence-electron chi connectivity index (χ0n) is 10.4. The Labute approximate surface area is 97.2 Å². The maximum absolute atomic E-state index is 11.7. The van der Waals surface area contributed by atoms with Gasteiger partial charge in [0.15, 0.2) is 0 Å². The number of carbonyl (C=O) groups is 1. The predicted molar refractivity (Wildman–Crippen MR) is 67.5 cm³/mol. The van der Waals surface area contributed by atoms with Crippen LogP contribution >= 0.6 is 0 Å². The molecule has 0 aliphatic rings. The van der Waals surface area contributed by atoms with Crippen molar-refractivity contribution < 1.29 is 4.79 Å². The average molecular weight is 220 g/mol. The van der Waals surface area contributed by atoms with Crippen molar-refractivity contribution in [2.75, 3.05) is 5.32 Å². The molecule has 1 aromatic rings. The van der Waals surface area contributed by atoms with Gasteiger partial charge in [0, 0.05) is 11.7 Å². The summed E-state index contributed by atoms with van der Waals surface area (Å²) in [4.78, 5) is 11.7. The Morgan fingerprint density at radius 1 is 1.19 bits per heavy atom. The standard InChI is InChI=1S/C13H20N2O/c1-9(2)14-13(16)11(4)15-12-8-6-5-7-10(12)3/h5-9,11,15H,1-4H3,(H,14,16). The summed E-state index contributed by atoms with van der Waals surface area (Å²) in [6, 6.07) is 7.91. The largest absolute Gasteiger partial charge is 0.374 e. The summed E-state index contributed by atoms with van der Waals surface area (Å²) >= 11 is 0. The Bertz CT molecular complexity index is 361. The Morgan fingerprint density at radius 3 is 2.38 bits per heavy atom. The van der Waals surface area contributed by atoms with Crippen LogP contribution in [0.4, 0.5) is 5.69 Å². The van der Waals surface area contributed by atoms with Crippen molar-refractivity contribution in [3.63, 3.8) is 0 Å². The number of amides is 1. The van der Waals surface area contributed by atoms with Crippen molar-refractivity contribution in [2.24, 2.45) is 0 Å². The third-order valence-corrected chi connectivity index (χ3v) is 2.34. The lowest BCUT2D eigenvalue weighted by molar-refractivity contribution is -0.122. The maximum Gasteiger partial charge on any atom is 0.242 e. The van der Waals surface area contributed by atoms with Gasteiger partial charge < -0.3 is 10.6 Å². The Balaban J connectivity index is 2.61. The van der Waals surface area contributed by atoms with Gasteiger partial charge in [0.25, 0.3) is 0 Å². The fourth-order valence-corrected chi connectivity index (χ4v) is 1.44. The number of carbonyl (C=O) groups excluding carboxylic acids is 1. The van der Waals surface area contributed by atoms with Crippen molar-refractivity contribution in [3.8, 4) is 0 Å². The number of hydrogen-bond donors (Lipinski definition) is 2. The highest BCUT2D eigenvalue weighted by Crippen LogP contribution is 2.14. The van der Waals surface area contributed by atoms with Crippen LogP contribution in [0.5, 0.6) is 0 Å². The van der Waals surface area contributed by atoms with Crippen LogP contribution < -0.4 is 10.6 Å². The minimum atomic E-state index is -0.219. The van der Waals surface area contributed by atoms with Gasteiger partial charge in [-0.1, -0.05) is 18.2 Å². The molecule has 3 heteroatoms. The van der Waals surface area contributed by atoms with E-state index < -0.39 is 0 Å². The van der Waals surface area contributed by atoms with Gasteiger partial charge in [0.1, 0.15) is 6.04 Å². The van der Waals surface area contributed by atoms with E-state index in [1.165, 1.54) is 0 Å². The van der Waals surface area contributed by atoms with Crippen LogP contribution in [0.3, 0.4) is 0 Å². The molecule has 0 bridgehead atoms. The van der Waals surface area contributed by atoms with E-state index in [1.807, 2.05) is 52.0 Å². The summed E-state index contributed by atoms with van der Waals surface area (Å²) in [5.74, 6) is 0.0262. The number of anilines is 1. The van der Waals surface area contributed by atoms with E-state index in [1.54, 1.807) is 0 Å². The summed E-state index contributed by atoms with van der Waals surface area (Å²) < 4.78 is 0. The molecule has 1 amide bonds. The van der Waals surface area contributed by atoms with E-state index in [4.69, 9.17) is 0 Å². The lowest BCUT2D eigenvalue weighted by Gasteiger charge is -2.18. The molecule has 0 aliphatic carbocycles. The molecule has 0 heterocycles. The van der Waals surface area contributed by atoms with Gasteiger partial charge in [-0.05, 0) is 39.3 Å². The molecule has 0 fully saturated rings. The lowest BCUT2D eigenvalue weighted by atomic mass is 10.2. The van der Waals surface area contributed by atoms with Crippen LogP contribution in [0.1, 0.15) is 26.3 Å². The quantitative estimate of drug-likeness (QED) is 0.817. The fourth-order valence-electron chi connectivity index (χ4n) is 1.44. The smallest absolute Gasteiger partial charge is 0.242 e. The summed E-state index contributed by atoms with van der Waals surface area (Å²) in [6.45, 7) is 7.80. The number of para-hydroxylation sites is 1. The number of rotatable bonds is 4. The van der Waals surface area contributed by atoms with Gasteiger partial charge in [-0.2, -0.15) is 0 Å². The monoisotopic (exact) mass is 220 g/mol. The highest BCUT2D eigenvalue weighted by atomic mass is 16.2. The maximum atomic E-state index is 11.7. The second-order valence-corrected chi connectivity index (χ2v) is 4.34. The molecule has 2 N–H and O–H groups in total. The number of hydrogen-bond acceptors (Lipinski definition) is 2.